The number of hydrogen-bond acceptors (Lipinski definition) is 2. The Balaban J connectivity index is 2.33. The molecule has 0 saturated carbocycles. The van der Waals surface area contributed by atoms with Gasteiger partial charge in [-0.15, -0.1) is 0 Å². The summed E-state index contributed by atoms with van der Waals surface area (Å²) in [5.41, 5.74) is 6.81. The minimum atomic E-state index is -4.40. The highest BCUT2D eigenvalue weighted by Gasteiger charge is 2.30. The number of nitrogens with two attached hydrogens (primary N) is 1. The number of nitrogens with one attached hydrogen (secondary N) is 1. The van der Waals surface area contributed by atoms with Gasteiger partial charge in [0, 0.05) is 10.7 Å². The van der Waals surface area contributed by atoms with Gasteiger partial charge in [-0.3, -0.25) is 0 Å². The van der Waals surface area contributed by atoms with Crippen LogP contribution < -0.4 is 11.1 Å². The molecule has 0 aliphatic carbocycles. The van der Waals surface area contributed by atoms with Crippen molar-refractivity contribution < 1.29 is 13.2 Å². The first kappa shape index (κ1) is 14.5. The van der Waals surface area contributed by atoms with Crippen LogP contribution in [0.3, 0.4) is 0 Å². The molecule has 0 radical (unpaired) electrons. The molecular weight excluding hydrogens is 289 g/mol. The Hall–Kier alpha value is -1.88. The topological polar surface area (TPSA) is 38.0 Å². The SMILES string of the molecule is Cc1c(Cl)cccc1Nc1ccc(C(F)(F)F)cc1N. The van der Waals surface area contributed by atoms with E-state index in [2.05, 4.69) is 5.32 Å². The molecule has 0 saturated heterocycles. The van der Waals surface area contributed by atoms with E-state index in [1.54, 1.807) is 18.2 Å². The van der Waals surface area contributed by atoms with Crippen LogP contribution in [0.4, 0.5) is 30.2 Å². The first-order valence-electron chi connectivity index (χ1n) is 5.78. The number of anilines is 3. The lowest BCUT2D eigenvalue weighted by Crippen LogP contribution is -2.07. The second-order valence-electron chi connectivity index (χ2n) is 4.34. The molecule has 2 rings (SSSR count). The van der Waals surface area contributed by atoms with Crippen LogP contribution in [0.1, 0.15) is 11.1 Å². The normalized spacial score (nSPS) is 11.4. The minimum absolute atomic E-state index is 0.0270. The third-order valence-corrected chi connectivity index (χ3v) is 3.33. The Morgan fingerprint density at radius 2 is 1.80 bits per heavy atom. The first-order chi connectivity index (χ1) is 9.29. The molecule has 0 aliphatic heterocycles. The molecule has 0 aromatic heterocycles. The van der Waals surface area contributed by atoms with E-state index in [1.807, 2.05) is 6.92 Å². The van der Waals surface area contributed by atoms with Crippen LogP contribution in [-0.4, -0.2) is 0 Å². The summed E-state index contributed by atoms with van der Waals surface area (Å²) < 4.78 is 37.7. The molecule has 0 heterocycles. The standard InChI is InChI=1S/C14H12ClF3N2/c1-8-10(15)3-2-4-12(8)20-13-6-5-9(7-11(13)19)14(16,17)18/h2-7,20H,19H2,1H3. The summed E-state index contributed by atoms with van der Waals surface area (Å²) in [7, 11) is 0. The Labute approximate surface area is 119 Å². The smallest absolute Gasteiger partial charge is 0.397 e. The molecule has 0 bridgehead atoms. The summed E-state index contributed by atoms with van der Waals surface area (Å²) in [5.74, 6) is 0. The molecule has 106 valence electrons. The summed E-state index contributed by atoms with van der Waals surface area (Å²) >= 11 is 5.98. The van der Waals surface area contributed by atoms with E-state index in [1.165, 1.54) is 6.07 Å². The van der Waals surface area contributed by atoms with Crippen LogP contribution in [-0.2, 0) is 6.18 Å². The highest BCUT2D eigenvalue weighted by atomic mass is 35.5. The lowest BCUT2D eigenvalue weighted by Gasteiger charge is -2.14. The van der Waals surface area contributed by atoms with Gasteiger partial charge in [0.15, 0.2) is 0 Å². The highest BCUT2D eigenvalue weighted by molar-refractivity contribution is 6.31. The molecule has 0 atom stereocenters. The number of halogens is 4. The van der Waals surface area contributed by atoms with Crippen molar-refractivity contribution in [2.75, 3.05) is 11.1 Å². The van der Waals surface area contributed by atoms with Crippen molar-refractivity contribution in [1.82, 2.24) is 0 Å². The fraction of sp³-hybridized carbons (Fsp3) is 0.143. The average Bonchev–Trinajstić information content (AvgIpc) is 2.36. The van der Waals surface area contributed by atoms with E-state index >= 15 is 0 Å². The minimum Gasteiger partial charge on any atom is -0.397 e. The van der Waals surface area contributed by atoms with Gasteiger partial charge in [0.25, 0.3) is 0 Å². The molecule has 3 N–H and O–H groups in total. The van der Waals surface area contributed by atoms with Gasteiger partial charge in [-0.1, -0.05) is 17.7 Å². The third kappa shape index (κ3) is 2.99. The van der Waals surface area contributed by atoms with Crippen molar-refractivity contribution >= 4 is 28.7 Å². The maximum Gasteiger partial charge on any atom is 0.416 e. The molecule has 20 heavy (non-hydrogen) atoms. The lowest BCUT2D eigenvalue weighted by atomic mass is 10.1. The zero-order chi connectivity index (χ0) is 14.9. The van der Waals surface area contributed by atoms with Crippen LogP contribution >= 0.6 is 11.6 Å². The van der Waals surface area contributed by atoms with Crippen molar-refractivity contribution in [2.24, 2.45) is 0 Å². The predicted octanol–water partition coefficient (Wildman–Crippen LogP) is 4.99. The van der Waals surface area contributed by atoms with E-state index in [9.17, 15) is 13.2 Å². The summed E-state index contributed by atoms with van der Waals surface area (Å²) in [6.45, 7) is 1.81. The van der Waals surface area contributed by atoms with E-state index in [4.69, 9.17) is 17.3 Å². The van der Waals surface area contributed by atoms with Gasteiger partial charge in [0.2, 0.25) is 0 Å². The van der Waals surface area contributed by atoms with Crippen molar-refractivity contribution in [2.45, 2.75) is 13.1 Å². The van der Waals surface area contributed by atoms with Gasteiger partial charge in [-0.2, -0.15) is 13.2 Å². The number of alkyl halides is 3. The summed E-state index contributed by atoms with van der Waals surface area (Å²) in [4.78, 5) is 0. The maximum absolute atomic E-state index is 12.6. The Morgan fingerprint density at radius 3 is 2.40 bits per heavy atom. The fourth-order valence-electron chi connectivity index (χ4n) is 1.74. The lowest BCUT2D eigenvalue weighted by molar-refractivity contribution is -0.137. The Morgan fingerprint density at radius 1 is 1.10 bits per heavy atom. The monoisotopic (exact) mass is 300 g/mol. The Bertz CT molecular complexity index is 639. The van der Waals surface area contributed by atoms with E-state index in [-0.39, 0.29) is 5.69 Å². The molecule has 2 aromatic carbocycles. The Kier molecular flexibility index (Phi) is 3.81. The molecule has 0 aliphatic rings. The van der Waals surface area contributed by atoms with E-state index in [0.29, 0.717) is 16.4 Å². The van der Waals surface area contributed by atoms with Crippen molar-refractivity contribution in [3.05, 3.63) is 52.5 Å². The first-order valence-corrected chi connectivity index (χ1v) is 6.15. The number of benzene rings is 2. The van der Waals surface area contributed by atoms with E-state index in [0.717, 1.165) is 17.7 Å². The largest absolute Gasteiger partial charge is 0.416 e. The van der Waals surface area contributed by atoms with Crippen LogP contribution in [0.2, 0.25) is 5.02 Å². The number of nitrogen functional groups attached to an aromatic ring is 1. The fourth-order valence-corrected chi connectivity index (χ4v) is 1.92. The quantitative estimate of drug-likeness (QED) is 0.767. The summed E-state index contributed by atoms with van der Waals surface area (Å²) in [5, 5.41) is 3.55. The molecule has 0 amide bonds. The zero-order valence-corrected chi connectivity index (χ0v) is 11.3. The van der Waals surface area contributed by atoms with Crippen molar-refractivity contribution in [1.29, 1.82) is 0 Å². The molecule has 0 fully saturated rings. The molecule has 0 spiro atoms. The number of hydrogen-bond donors (Lipinski definition) is 2. The van der Waals surface area contributed by atoms with Crippen LogP contribution in [0.25, 0.3) is 0 Å². The zero-order valence-electron chi connectivity index (χ0n) is 10.6. The summed E-state index contributed by atoms with van der Waals surface area (Å²) in [6.07, 6.45) is -4.40. The van der Waals surface area contributed by atoms with Gasteiger partial charge >= 0.3 is 6.18 Å². The highest BCUT2D eigenvalue weighted by Crippen LogP contribution is 2.34. The average molecular weight is 301 g/mol. The second kappa shape index (κ2) is 5.25. The van der Waals surface area contributed by atoms with Gasteiger partial charge in [0.1, 0.15) is 0 Å². The molecular formula is C14H12ClF3N2. The van der Waals surface area contributed by atoms with Crippen LogP contribution in [0.5, 0.6) is 0 Å². The van der Waals surface area contributed by atoms with Gasteiger partial charge in [0.05, 0.1) is 16.9 Å². The van der Waals surface area contributed by atoms with Gasteiger partial charge < -0.3 is 11.1 Å². The van der Waals surface area contributed by atoms with Gasteiger partial charge in [-0.25, -0.2) is 0 Å². The molecule has 2 aromatic rings. The predicted molar refractivity (Wildman–Crippen MR) is 75.3 cm³/mol. The third-order valence-electron chi connectivity index (χ3n) is 2.92. The maximum atomic E-state index is 12.6. The molecule has 2 nitrogen and oxygen atoms in total. The van der Waals surface area contributed by atoms with Crippen LogP contribution in [0, 0.1) is 6.92 Å². The second-order valence-corrected chi connectivity index (χ2v) is 4.74. The summed E-state index contributed by atoms with van der Waals surface area (Å²) in [6, 6.07) is 8.45. The van der Waals surface area contributed by atoms with Gasteiger partial charge in [-0.05, 0) is 42.8 Å². The van der Waals surface area contributed by atoms with Crippen molar-refractivity contribution in [3.8, 4) is 0 Å². The molecule has 0 unspecified atom stereocenters. The van der Waals surface area contributed by atoms with Crippen molar-refractivity contribution in [3.63, 3.8) is 0 Å². The number of rotatable bonds is 2. The van der Waals surface area contributed by atoms with Crippen LogP contribution in [0.15, 0.2) is 36.4 Å². The van der Waals surface area contributed by atoms with E-state index < -0.39 is 11.7 Å². The molecule has 6 heteroatoms.